The zero-order chi connectivity index (χ0) is 14.6. The maximum absolute atomic E-state index is 11.4. The summed E-state index contributed by atoms with van der Waals surface area (Å²) in [6.07, 6.45) is -0.946. The summed E-state index contributed by atoms with van der Waals surface area (Å²) >= 11 is 6.55. The number of carbonyl (C=O) groups excluding carboxylic acids is 2. The largest absolute Gasteiger partial charge is 0.367 e. The number of ether oxygens (including phenoxy) is 1. The van der Waals surface area contributed by atoms with Crippen LogP contribution in [0, 0.1) is 0 Å². The van der Waals surface area contributed by atoms with Crippen LogP contribution in [0.25, 0.3) is 0 Å². The first-order chi connectivity index (χ1) is 8.73. The maximum atomic E-state index is 11.4. The number of hydrogen-bond donors (Lipinski definition) is 2. The van der Waals surface area contributed by atoms with Gasteiger partial charge in [-0.3, -0.25) is 9.59 Å². The van der Waals surface area contributed by atoms with Crippen molar-refractivity contribution in [1.29, 1.82) is 0 Å². The molecule has 1 unspecified atom stereocenters. The average Bonchev–Trinajstić information content (AvgIpc) is 2.72. The standard InChI is InChI=1S/C11H16ClN3O3S/c1-11(2,3)18-8(9(13)17)6-5-19-10(14-6)15-7(16)4-12/h5,8H,4H2,1-3H3,(H2,13,17)(H,14,15,16). The minimum absolute atomic E-state index is 0.160. The van der Waals surface area contributed by atoms with Crippen LogP contribution < -0.4 is 11.1 Å². The Hall–Kier alpha value is -1.18. The van der Waals surface area contributed by atoms with E-state index in [9.17, 15) is 9.59 Å². The van der Waals surface area contributed by atoms with E-state index in [0.29, 0.717) is 10.8 Å². The van der Waals surface area contributed by atoms with E-state index >= 15 is 0 Å². The van der Waals surface area contributed by atoms with Crippen LogP contribution in [0.3, 0.4) is 0 Å². The van der Waals surface area contributed by atoms with Crippen LogP contribution in [-0.2, 0) is 14.3 Å². The van der Waals surface area contributed by atoms with E-state index < -0.39 is 17.6 Å². The Balaban J connectivity index is 2.87. The zero-order valence-electron chi connectivity index (χ0n) is 10.9. The number of nitrogens with zero attached hydrogens (tertiary/aromatic N) is 1. The average molecular weight is 306 g/mol. The lowest BCUT2D eigenvalue weighted by Gasteiger charge is -2.24. The summed E-state index contributed by atoms with van der Waals surface area (Å²) in [5.74, 6) is -1.16. The van der Waals surface area contributed by atoms with Crippen LogP contribution >= 0.6 is 22.9 Å². The van der Waals surface area contributed by atoms with E-state index in [1.54, 1.807) is 5.38 Å². The van der Waals surface area contributed by atoms with Gasteiger partial charge in [0, 0.05) is 5.38 Å². The predicted octanol–water partition coefficient (Wildman–Crippen LogP) is 1.66. The number of hydrogen-bond acceptors (Lipinski definition) is 5. The fourth-order valence-electron chi connectivity index (χ4n) is 1.23. The van der Waals surface area contributed by atoms with Crippen molar-refractivity contribution in [3.63, 3.8) is 0 Å². The topological polar surface area (TPSA) is 94.3 Å². The molecule has 1 atom stereocenters. The number of rotatable bonds is 5. The van der Waals surface area contributed by atoms with Gasteiger partial charge in [0.1, 0.15) is 5.88 Å². The molecule has 0 aliphatic heterocycles. The number of halogens is 1. The molecule has 0 fully saturated rings. The second kappa shape index (κ2) is 6.31. The molecule has 1 heterocycles. The summed E-state index contributed by atoms with van der Waals surface area (Å²) in [6.45, 7) is 5.43. The molecule has 1 rings (SSSR count). The van der Waals surface area contributed by atoms with Crippen molar-refractivity contribution >= 4 is 39.9 Å². The lowest BCUT2D eigenvalue weighted by molar-refractivity contribution is -0.140. The van der Waals surface area contributed by atoms with Crippen LogP contribution in [-0.4, -0.2) is 28.3 Å². The van der Waals surface area contributed by atoms with Gasteiger partial charge in [-0.2, -0.15) is 0 Å². The third-order valence-electron chi connectivity index (χ3n) is 1.89. The highest BCUT2D eigenvalue weighted by Crippen LogP contribution is 2.27. The molecule has 0 saturated carbocycles. The Bertz CT molecular complexity index is 470. The molecule has 0 bridgehead atoms. The van der Waals surface area contributed by atoms with Gasteiger partial charge in [-0.1, -0.05) is 0 Å². The summed E-state index contributed by atoms with van der Waals surface area (Å²) in [7, 11) is 0. The van der Waals surface area contributed by atoms with E-state index in [-0.39, 0.29) is 11.8 Å². The van der Waals surface area contributed by atoms with Gasteiger partial charge in [-0.25, -0.2) is 4.98 Å². The second-order valence-electron chi connectivity index (χ2n) is 4.77. The van der Waals surface area contributed by atoms with Crippen molar-refractivity contribution in [1.82, 2.24) is 4.98 Å². The number of thiazole rings is 1. The number of nitrogens with two attached hydrogens (primary N) is 1. The highest BCUT2D eigenvalue weighted by molar-refractivity contribution is 7.14. The first-order valence-electron chi connectivity index (χ1n) is 5.51. The zero-order valence-corrected chi connectivity index (χ0v) is 12.5. The SMILES string of the molecule is CC(C)(C)OC(C(N)=O)c1csc(NC(=O)CCl)n1. The van der Waals surface area contributed by atoms with Crippen molar-refractivity contribution in [3.8, 4) is 0 Å². The maximum Gasteiger partial charge on any atom is 0.252 e. The summed E-state index contributed by atoms with van der Waals surface area (Å²) in [6, 6.07) is 0. The van der Waals surface area contributed by atoms with Crippen LogP contribution in [0.2, 0.25) is 0 Å². The Labute approximate surface area is 120 Å². The molecule has 1 aromatic rings. The minimum Gasteiger partial charge on any atom is -0.367 e. The number of alkyl halides is 1. The molecule has 106 valence electrons. The molecule has 3 N–H and O–H groups in total. The Morgan fingerprint density at radius 1 is 1.58 bits per heavy atom. The fourth-order valence-corrected chi connectivity index (χ4v) is 2.04. The first kappa shape index (κ1) is 15.9. The van der Waals surface area contributed by atoms with E-state index in [1.165, 1.54) is 11.3 Å². The molecule has 19 heavy (non-hydrogen) atoms. The molecule has 0 spiro atoms. The van der Waals surface area contributed by atoms with E-state index in [4.69, 9.17) is 22.1 Å². The molecular weight excluding hydrogens is 290 g/mol. The van der Waals surface area contributed by atoms with Gasteiger partial charge in [0.2, 0.25) is 5.91 Å². The summed E-state index contributed by atoms with van der Waals surface area (Å²) < 4.78 is 5.56. The molecule has 1 aromatic heterocycles. The first-order valence-corrected chi connectivity index (χ1v) is 6.92. The normalized spacial score (nSPS) is 13.1. The van der Waals surface area contributed by atoms with Gasteiger partial charge in [0.25, 0.3) is 5.91 Å². The molecule has 2 amide bonds. The van der Waals surface area contributed by atoms with Crippen LogP contribution in [0.4, 0.5) is 5.13 Å². The number of aromatic nitrogens is 1. The third kappa shape index (κ3) is 5.14. The highest BCUT2D eigenvalue weighted by Gasteiger charge is 2.27. The van der Waals surface area contributed by atoms with Gasteiger partial charge in [-0.15, -0.1) is 22.9 Å². The van der Waals surface area contributed by atoms with Gasteiger partial charge in [-0.05, 0) is 20.8 Å². The van der Waals surface area contributed by atoms with Crippen molar-refractivity contribution in [2.24, 2.45) is 5.73 Å². The molecular formula is C11H16ClN3O3S. The Kier molecular flexibility index (Phi) is 5.28. The van der Waals surface area contributed by atoms with E-state index in [2.05, 4.69) is 10.3 Å². The molecule has 0 aliphatic rings. The monoisotopic (exact) mass is 305 g/mol. The minimum atomic E-state index is -0.946. The summed E-state index contributed by atoms with van der Waals surface area (Å²) in [4.78, 5) is 26.6. The lowest BCUT2D eigenvalue weighted by Crippen LogP contribution is -2.31. The fraction of sp³-hybridized carbons (Fsp3) is 0.545. The molecule has 6 nitrogen and oxygen atoms in total. The molecule has 8 heteroatoms. The predicted molar refractivity (Wildman–Crippen MR) is 74.2 cm³/mol. The molecule has 0 aliphatic carbocycles. The van der Waals surface area contributed by atoms with E-state index in [1.807, 2.05) is 20.8 Å². The van der Waals surface area contributed by atoms with Gasteiger partial charge in [0.15, 0.2) is 11.2 Å². The smallest absolute Gasteiger partial charge is 0.252 e. The summed E-state index contributed by atoms with van der Waals surface area (Å²) in [5, 5.41) is 4.46. The second-order valence-corrected chi connectivity index (χ2v) is 5.90. The van der Waals surface area contributed by atoms with Crippen molar-refractivity contribution in [2.75, 3.05) is 11.2 Å². The van der Waals surface area contributed by atoms with Gasteiger partial charge < -0.3 is 15.8 Å². The number of amides is 2. The van der Waals surface area contributed by atoms with Gasteiger partial charge >= 0.3 is 0 Å². The summed E-state index contributed by atoms with van der Waals surface area (Å²) in [5.41, 5.74) is 5.14. The number of primary amides is 1. The molecule has 0 aromatic carbocycles. The van der Waals surface area contributed by atoms with Gasteiger partial charge in [0.05, 0.1) is 11.3 Å². The highest BCUT2D eigenvalue weighted by atomic mass is 35.5. The lowest BCUT2D eigenvalue weighted by atomic mass is 10.1. The van der Waals surface area contributed by atoms with Crippen LogP contribution in [0.15, 0.2) is 5.38 Å². The Morgan fingerprint density at radius 2 is 2.21 bits per heavy atom. The van der Waals surface area contributed by atoms with Crippen molar-refractivity contribution in [3.05, 3.63) is 11.1 Å². The molecule has 0 radical (unpaired) electrons. The van der Waals surface area contributed by atoms with Crippen LogP contribution in [0.5, 0.6) is 0 Å². The van der Waals surface area contributed by atoms with Crippen molar-refractivity contribution in [2.45, 2.75) is 32.5 Å². The number of carbonyl (C=O) groups is 2. The quantitative estimate of drug-likeness (QED) is 0.809. The van der Waals surface area contributed by atoms with Crippen molar-refractivity contribution < 1.29 is 14.3 Å². The number of nitrogens with one attached hydrogen (secondary N) is 1. The number of anilines is 1. The molecule has 0 saturated heterocycles. The van der Waals surface area contributed by atoms with Crippen LogP contribution in [0.1, 0.15) is 32.6 Å². The van der Waals surface area contributed by atoms with E-state index in [0.717, 1.165) is 0 Å². The third-order valence-corrected chi connectivity index (χ3v) is 2.91. The Morgan fingerprint density at radius 3 is 2.68 bits per heavy atom.